The standard InChI is InChI=1S/C17H23NO6/c1-12(11-16(20)18-22)3-8-15(23-2)17(21)13-4-6-14(7-5-13)24-10-9-19/h3-8,11,15,17,19,21-22H,9-10H2,1-2H3,(H,18,20)/b8-3+,12-11+/t15-,17-/m1/s1. The molecule has 0 saturated carbocycles. The molecule has 0 fully saturated rings. The number of hydrogen-bond acceptors (Lipinski definition) is 6. The number of aliphatic hydroxyl groups excluding tert-OH is 2. The molecule has 4 N–H and O–H groups in total. The maximum atomic E-state index is 11.0. The number of benzene rings is 1. The topological polar surface area (TPSA) is 108 Å². The lowest BCUT2D eigenvalue weighted by Gasteiger charge is -2.19. The summed E-state index contributed by atoms with van der Waals surface area (Å²) in [4.78, 5) is 11.0. The normalized spacial score (nSPS) is 14.5. The van der Waals surface area contributed by atoms with Crippen LogP contribution < -0.4 is 10.2 Å². The van der Waals surface area contributed by atoms with Crippen LogP contribution in [0.3, 0.4) is 0 Å². The van der Waals surface area contributed by atoms with Gasteiger partial charge < -0.3 is 19.7 Å². The van der Waals surface area contributed by atoms with Gasteiger partial charge in [0.15, 0.2) is 0 Å². The first-order valence-electron chi connectivity index (χ1n) is 7.36. The fourth-order valence-electron chi connectivity index (χ4n) is 1.96. The number of methoxy groups -OCH3 is 1. The highest BCUT2D eigenvalue weighted by Gasteiger charge is 2.18. The number of nitrogens with one attached hydrogen (secondary N) is 1. The quantitative estimate of drug-likeness (QED) is 0.233. The third-order valence-corrected chi connectivity index (χ3v) is 3.18. The van der Waals surface area contributed by atoms with E-state index in [2.05, 4.69) is 0 Å². The summed E-state index contributed by atoms with van der Waals surface area (Å²) >= 11 is 0. The van der Waals surface area contributed by atoms with Crippen molar-refractivity contribution in [3.63, 3.8) is 0 Å². The van der Waals surface area contributed by atoms with Crippen LogP contribution in [0.1, 0.15) is 18.6 Å². The van der Waals surface area contributed by atoms with Crippen molar-refractivity contribution in [2.45, 2.75) is 19.1 Å². The van der Waals surface area contributed by atoms with E-state index in [4.69, 9.17) is 19.8 Å². The maximum absolute atomic E-state index is 11.0. The van der Waals surface area contributed by atoms with Crippen molar-refractivity contribution in [3.05, 3.63) is 53.6 Å². The molecule has 0 radical (unpaired) electrons. The van der Waals surface area contributed by atoms with Gasteiger partial charge in [0.25, 0.3) is 5.91 Å². The Hall–Kier alpha value is -2.19. The van der Waals surface area contributed by atoms with E-state index in [9.17, 15) is 9.90 Å². The van der Waals surface area contributed by atoms with Crippen molar-refractivity contribution < 1.29 is 29.7 Å². The number of aliphatic hydroxyl groups is 2. The molecule has 24 heavy (non-hydrogen) atoms. The summed E-state index contributed by atoms with van der Waals surface area (Å²) < 4.78 is 10.5. The van der Waals surface area contributed by atoms with Gasteiger partial charge in [-0.05, 0) is 30.2 Å². The van der Waals surface area contributed by atoms with E-state index < -0.39 is 18.1 Å². The van der Waals surface area contributed by atoms with Crippen LogP contribution in [0.4, 0.5) is 0 Å². The summed E-state index contributed by atoms with van der Waals surface area (Å²) in [7, 11) is 1.47. The minimum absolute atomic E-state index is 0.0674. The largest absolute Gasteiger partial charge is 0.491 e. The van der Waals surface area contributed by atoms with Crippen LogP contribution in [-0.4, -0.2) is 47.8 Å². The minimum Gasteiger partial charge on any atom is -0.491 e. The first-order valence-corrected chi connectivity index (χ1v) is 7.36. The average molecular weight is 337 g/mol. The fourth-order valence-corrected chi connectivity index (χ4v) is 1.96. The van der Waals surface area contributed by atoms with E-state index in [1.807, 2.05) is 0 Å². The number of allylic oxidation sites excluding steroid dienone is 2. The molecule has 0 bridgehead atoms. The van der Waals surface area contributed by atoms with Gasteiger partial charge in [-0.15, -0.1) is 0 Å². The second kappa shape index (κ2) is 10.6. The molecule has 0 aromatic heterocycles. The monoisotopic (exact) mass is 337 g/mol. The van der Waals surface area contributed by atoms with E-state index in [0.717, 1.165) is 0 Å². The molecule has 0 aliphatic heterocycles. The molecule has 1 aromatic carbocycles. The predicted molar refractivity (Wildman–Crippen MR) is 87.6 cm³/mol. The molecule has 2 atom stereocenters. The molecule has 0 aliphatic carbocycles. The van der Waals surface area contributed by atoms with Gasteiger partial charge >= 0.3 is 0 Å². The van der Waals surface area contributed by atoms with Crippen molar-refractivity contribution in [2.75, 3.05) is 20.3 Å². The third kappa shape index (κ3) is 6.51. The maximum Gasteiger partial charge on any atom is 0.267 e. The Morgan fingerprint density at radius 2 is 2.00 bits per heavy atom. The first kappa shape index (κ1) is 19.9. The Morgan fingerprint density at radius 3 is 2.54 bits per heavy atom. The highest BCUT2D eigenvalue weighted by atomic mass is 16.5. The van der Waals surface area contributed by atoms with Gasteiger partial charge in [0, 0.05) is 13.2 Å². The average Bonchev–Trinajstić information content (AvgIpc) is 2.60. The zero-order valence-corrected chi connectivity index (χ0v) is 13.7. The van der Waals surface area contributed by atoms with Crippen molar-refractivity contribution in [1.82, 2.24) is 5.48 Å². The second-order valence-corrected chi connectivity index (χ2v) is 5.01. The number of rotatable bonds is 9. The van der Waals surface area contributed by atoms with E-state index in [-0.39, 0.29) is 13.2 Å². The lowest BCUT2D eigenvalue weighted by atomic mass is 10.0. The summed E-state index contributed by atoms with van der Waals surface area (Å²) in [6.07, 6.45) is 2.93. The minimum atomic E-state index is -0.905. The highest BCUT2D eigenvalue weighted by molar-refractivity contribution is 5.87. The van der Waals surface area contributed by atoms with E-state index in [1.54, 1.807) is 43.3 Å². The summed E-state index contributed by atoms with van der Waals surface area (Å²) in [5.41, 5.74) is 2.73. The molecule has 7 heteroatoms. The lowest BCUT2D eigenvalue weighted by molar-refractivity contribution is -0.124. The molecule has 0 saturated heterocycles. The summed E-state index contributed by atoms with van der Waals surface area (Å²) in [5.74, 6) is -0.0385. The van der Waals surface area contributed by atoms with Gasteiger partial charge in [-0.1, -0.05) is 24.3 Å². The summed E-state index contributed by atoms with van der Waals surface area (Å²) in [6, 6.07) is 6.81. The van der Waals surface area contributed by atoms with Crippen LogP contribution in [0.5, 0.6) is 5.75 Å². The molecule has 0 heterocycles. The van der Waals surface area contributed by atoms with Gasteiger partial charge in [-0.2, -0.15) is 0 Å². The number of ether oxygens (including phenoxy) is 2. The molecule has 0 unspecified atom stereocenters. The van der Waals surface area contributed by atoms with Crippen LogP contribution in [0.15, 0.2) is 48.1 Å². The molecule has 132 valence electrons. The molecular weight excluding hydrogens is 314 g/mol. The Morgan fingerprint density at radius 1 is 1.33 bits per heavy atom. The van der Waals surface area contributed by atoms with Crippen LogP contribution in [0.25, 0.3) is 0 Å². The zero-order valence-electron chi connectivity index (χ0n) is 13.7. The molecule has 1 aromatic rings. The Kier molecular flexibility index (Phi) is 8.74. The van der Waals surface area contributed by atoms with Gasteiger partial charge in [0.1, 0.15) is 24.6 Å². The zero-order chi connectivity index (χ0) is 17.9. The van der Waals surface area contributed by atoms with Crippen LogP contribution in [-0.2, 0) is 9.53 Å². The number of carbonyl (C=O) groups excluding carboxylic acids is 1. The molecule has 1 amide bonds. The van der Waals surface area contributed by atoms with E-state index in [0.29, 0.717) is 16.9 Å². The van der Waals surface area contributed by atoms with Gasteiger partial charge in [0.2, 0.25) is 0 Å². The SMILES string of the molecule is CO[C@H](/C=C/C(C)=C/C(=O)NO)[C@H](O)c1ccc(OCCO)cc1. The van der Waals surface area contributed by atoms with Crippen LogP contribution >= 0.6 is 0 Å². The smallest absolute Gasteiger partial charge is 0.267 e. The Balaban J connectivity index is 2.77. The van der Waals surface area contributed by atoms with E-state index >= 15 is 0 Å². The third-order valence-electron chi connectivity index (χ3n) is 3.18. The number of carbonyl (C=O) groups is 1. The molecule has 0 spiro atoms. The van der Waals surface area contributed by atoms with Crippen molar-refractivity contribution in [1.29, 1.82) is 0 Å². The second-order valence-electron chi connectivity index (χ2n) is 5.01. The first-order chi connectivity index (χ1) is 11.5. The Bertz CT molecular complexity index is 567. The van der Waals surface area contributed by atoms with Crippen molar-refractivity contribution in [3.8, 4) is 5.75 Å². The van der Waals surface area contributed by atoms with Gasteiger partial charge in [-0.3, -0.25) is 10.0 Å². The highest BCUT2D eigenvalue weighted by Crippen LogP contribution is 2.23. The fraction of sp³-hybridized carbons (Fsp3) is 0.353. The van der Waals surface area contributed by atoms with Crippen molar-refractivity contribution >= 4 is 5.91 Å². The molecule has 0 aliphatic rings. The van der Waals surface area contributed by atoms with E-state index in [1.165, 1.54) is 18.7 Å². The predicted octanol–water partition coefficient (Wildman–Crippen LogP) is 1.11. The number of amides is 1. The molecule has 7 nitrogen and oxygen atoms in total. The van der Waals surface area contributed by atoms with Crippen molar-refractivity contribution in [2.24, 2.45) is 0 Å². The number of hydrogen-bond donors (Lipinski definition) is 4. The summed E-state index contributed by atoms with van der Waals surface area (Å²) in [5, 5.41) is 27.6. The number of hydroxylamine groups is 1. The molecule has 1 rings (SSSR count). The summed E-state index contributed by atoms with van der Waals surface area (Å²) in [6.45, 7) is 1.82. The Labute approximate surface area is 140 Å². The van der Waals surface area contributed by atoms with Crippen LogP contribution in [0.2, 0.25) is 0 Å². The van der Waals surface area contributed by atoms with Crippen LogP contribution in [0, 0.1) is 0 Å². The van der Waals surface area contributed by atoms with Gasteiger partial charge in [-0.25, -0.2) is 5.48 Å². The molecular formula is C17H23NO6. The lowest BCUT2D eigenvalue weighted by Crippen LogP contribution is -2.18. The van der Waals surface area contributed by atoms with Gasteiger partial charge in [0.05, 0.1) is 6.61 Å².